The SMILES string of the molecule is CNS(=O)(=O)c1cc(NC(=O)Cc2ccc3c(c2)CCO3)ccc1C. The molecule has 3 rings (SSSR count). The van der Waals surface area contributed by atoms with Crippen molar-refractivity contribution in [2.45, 2.75) is 24.7 Å². The predicted octanol–water partition coefficient (Wildman–Crippen LogP) is 2.02. The molecule has 0 atom stereocenters. The zero-order valence-electron chi connectivity index (χ0n) is 14.1. The van der Waals surface area contributed by atoms with Gasteiger partial charge in [0.25, 0.3) is 0 Å². The van der Waals surface area contributed by atoms with Crippen LogP contribution in [-0.2, 0) is 27.7 Å². The van der Waals surface area contributed by atoms with E-state index < -0.39 is 10.0 Å². The Kier molecular flexibility index (Phi) is 4.78. The lowest BCUT2D eigenvalue weighted by Gasteiger charge is -2.11. The summed E-state index contributed by atoms with van der Waals surface area (Å²) in [6, 6.07) is 10.6. The Hall–Kier alpha value is -2.38. The molecule has 7 heteroatoms. The van der Waals surface area contributed by atoms with E-state index in [2.05, 4.69) is 10.0 Å². The monoisotopic (exact) mass is 360 g/mol. The Labute approximate surface area is 147 Å². The Morgan fingerprint density at radius 1 is 1.20 bits per heavy atom. The first-order valence-corrected chi connectivity index (χ1v) is 9.46. The van der Waals surface area contributed by atoms with Crippen LogP contribution in [-0.4, -0.2) is 28.0 Å². The van der Waals surface area contributed by atoms with Gasteiger partial charge in [-0.05, 0) is 48.9 Å². The van der Waals surface area contributed by atoms with E-state index in [-0.39, 0.29) is 17.2 Å². The van der Waals surface area contributed by atoms with Crippen LogP contribution in [0, 0.1) is 6.92 Å². The van der Waals surface area contributed by atoms with E-state index in [1.807, 2.05) is 18.2 Å². The zero-order valence-corrected chi connectivity index (χ0v) is 14.9. The van der Waals surface area contributed by atoms with Gasteiger partial charge < -0.3 is 10.1 Å². The lowest BCUT2D eigenvalue weighted by Crippen LogP contribution is -2.20. The number of amides is 1. The van der Waals surface area contributed by atoms with Gasteiger partial charge in [-0.3, -0.25) is 4.79 Å². The van der Waals surface area contributed by atoms with E-state index in [1.165, 1.54) is 13.1 Å². The van der Waals surface area contributed by atoms with Crippen molar-refractivity contribution in [2.24, 2.45) is 0 Å². The molecule has 0 unspecified atom stereocenters. The van der Waals surface area contributed by atoms with Crippen molar-refractivity contribution in [3.63, 3.8) is 0 Å². The number of benzene rings is 2. The van der Waals surface area contributed by atoms with Gasteiger partial charge in [0.1, 0.15) is 5.75 Å². The molecule has 6 nitrogen and oxygen atoms in total. The summed E-state index contributed by atoms with van der Waals surface area (Å²) in [5.74, 6) is 0.681. The van der Waals surface area contributed by atoms with E-state index in [0.717, 1.165) is 23.3 Å². The van der Waals surface area contributed by atoms with Crippen molar-refractivity contribution in [1.82, 2.24) is 4.72 Å². The Morgan fingerprint density at radius 2 is 2.00 bits per heavy atom. The van der Waals surface area contributed by atoms with E-state index in [0.29, 0.717) is 17.9 Å². The van der Waals surface area contributed by atoms with Gasteiger partial charge in [-0.2, -0.15) is 0 Å². The highest BCUT2D eigenvalue weighted by Gasteiger charge is 2.16. The highest BCUT2D eigenvalue weighted by Crippen LogP contribution is 2.26. The smallest absolute Gasteiger partial charge is 0.240 e. The quantitative estimate of drug-likeness (QED) is 0.854. The van der Waals surface area contributed by atoms with E-state index in [9.17, 15) is 13.2 Å². The van der Waals surface area contributed by atoms with Crippen LogP contribution in [0.5, 0.6) is 5.75 Å². The van der Waals surface area contributed by atoms with Crippen LogP contribution in [0.25, 0.3) is 0 Å². The number of carbonyl (C=O) groups excluding carboxylic acids is 1. The highest BCUT2D eigenvalue weighted by atomic mass is 32.2. The highest BCUT2D eigenvalue weighted by molar-refractivity contribution is 7.89. The molecule has 1 heterocycles. The predicted molar refractivity (Wildman–Crippen MR) is 95.4 cm³/mol. The number of carbonyl (C=O) groups is 1. The third-order valence-electron chi connectivity index (χ3n) is 4.15. The standard InChI is InChI=1S/C18H20N2O4S/c1-12-3-5-15(11-17(12)25(22,23)19-2)20-18(21)10-13-4-6-16-14(9-13)7-8-24-16/h3-6,9,11,19H,7-8,10H2,1-2H3,(H,20,21). The zero-order chi connectivity index (χ0) is 18.0. The molecule has 1 aliphatic rings. The molecule has 0 fully saturated rings. The van der Waals surface area contributed by atoms with Gasteiger partial charge in [0.2, 0.25) is 15.9 Å². The van der Waals surface area contributed by atoms with Gasteiger partial charge in [-0.1, -0.05) is 18.2 Å². The summed E-state index contributed by atoms with van der Waals surface area (Å²) < 4.78 is 31.8. The molecule has 2 aromatic carbocycles. The van der Waals surface area contributed by atoms with Crippen LogP contribution in [0.15, 0.2) is 41.3 Å². The minimum atomic E-state index is -3.57. The third-order valence-corrected chi connectivity index (χ3v) is 5.71. The number of anilines is 1. The lowest BCUT2D eigenvalue weighted by molar-refractivity contribution is -0.115. The van der Waals surface area contributed by atoms with Crippen molar-refractivity contribution in [3.05, 3.63) is 53.1 Å². The number of aryl methyl sites for hydroxylation is 1. The fourth-order valence-corrected chi connectivity index (χ4v) is 3.81. The molecule has 0 radical (unpaired) electrons. The molecule has 0 saturated heterocycles. The molecule has 132 valence electrons. The molecular weight excluding hydrogens is 340 g/mol. The normalized spacial score (nSPS) is 13.2. The maximum absolute atomic E-state index is 12.3. The van der Waals surface area contributed by atoms with Gasteiger partial charge >= 0.3 is 0 Å². The second-order valence-electron chi connectivity index (χ2n) is 5.95. The summed E-state index contributed by atoms with van der Waals surface area (Å²) in [7, 11) is -2.21. The van der Waals surface area contributed by atoms with Crippen LogP contribution in [0.4, 0.5) is 5.69 Å². The van der Waals surface area contributed by atoms with Gasteiger partial charge in [-0.25, -0.2) is 13.1 Å². The molecule has 25 heavy (non-hydrogen) atoms. The number of ether oxygens (including phenoxy) is 1. The first kappa shape index (κ1) is 17.4. The Balaban J connectivity index is 1.74. The molecule has 1 amide bonds. The molecule has 1 aliphatic heterocycles. The first-order chi connectivity index (χ1) is 11.9. The molecule has 0 aromatic heterocycles. The summed E-state index contributed by atoms with van der Waals surface area (Å²) in [6.45, 7) is 2.39. The van der Waals surface area contributed by atoms with Crippen LogP contribution in [0.3, 0.4) is 0 Å². The number of hydrogen-bond acceptors (Lipinski definition) is 4. The maximum atomic E-state index is 12.3. The van der Waals surface area contributed by atoms with Crippen LogP contribution in [0.2, 0.25) is 0 Å². The van der Waals surface area contributed by atoms with Gasteiger partial charge in [-0.15, -0.1) is 0 Å². The summed E-state index contributed by atoms with van der Waals surface area (Å²) in [4.78, 5) is 12.4. The fourth-order valence-electron chi connectivity index (χ4n) is 2.82. The summed E-state index contributed by atoms with van der Waals surface area (Å²) in [5.41, 5.74) is 3.08. The molecule has 0 saturated carbocycles. The van der Waals surface area contributed by atoms with Crippen molar-refractivity contribution in [3.8, 4) is 5.75 Å². The largest absolute Gasteiger partial charge is 0.493 e. The van der Waals surface area contributed by atoms with Crippen LogP contribution in [0.1, 0.15) is 16.7 Å². The van der Waals surface area contributed by atoms with Gasteiger partial charge in [0, 0.05) is 12.1 Å². The van der Waals surface area contributed by atoms with Crippen LogP contribution >= 0.6 is 0 Å². The summed E-state index contributed by atoms with van der Waals surface area (Å²) in [6.07, 6.45) is 1.07. The average Bonchev–Trinajstić information content (AvgIpc) is 3.04. The number of sulfonamides is 1. The topological polar surface area (TPSA) is 84.5 Å². The van der Waals surface area contributed by atoms with Crippen molar-refractivity contribution in [1.29, 1.82) is 0 Å². The molecule has 0 spiro atoms. The minimum absolute atomic E-state index is 0.155. The lowest BCUT2D eigenvalue weighted by atomic mass is 10.1. The molecular formula is C18H20N2O4S. The van der Waals surface area contributed by atoms with Crippen molar-refractivity contribution in [2.75, 3.05) is 19.0 Å². The second-order valence-corrected chi connectivity index (χ2v) is 7.81. The first-order valence-electron chi connectivity index (χ1n) is 7.98. The number of fused-ring (bicyclic) bond motifs is 1. The fraction of sp³-hybridized carbons (Fsp3) is 0.278. The van der Waals surface area contributed by atoms with Crippen molar-refractivity contribution >= 4 is 21.6 Å². The molecule has 0 bridgehead atoms. The third kappa shape index (κ3) is 3.83. The molecule has 2 N–H and O–H groups in total. The summed E-state index contributed by atoms with van der Waals surface area (Å²) in [5, 5.41) is 2.76. The second kappa shape index (κ2) is 6.85. The van der Waals surface area contributed by atoms with Crippen LogP contribution < -0.4 is 14.8 Å². The van der Waals surface area contributed by atoms with E-state index in [1.54, 1.807) is 19.1 Å². The molecule has 2 aromatic rings. The minimum Gasteiger partial charge on any atom is -0.493 e. The summed E-state index contributed by atoms with van der Waals surface area (Å²) >= 11 is 0. The van der Waals surface area contributed by atoms with E-state index in [4.69, 9.17) is 4.74 Å². The van der Waals surface area contributed by atoms with Gasteiger partial charge in [0.15, 0.2) is 0 Å². The Morgan fingerprint density at radius 3 is 2.76 bits per heavy atom. The number of hydrogen-bond donors (Lipinski definition) is 2. The Bertz CT molecular complexity index is 923. The van der Waals surface area contributed by atoms with Crippen molar-refractivity contribution < 1.29 is 17.9 Å². The number of nitrogens with one attached hydrogen (secondary N) is 2. The molecule has 0 aliphatic carbocycles. The average molecular weight is 360 g/mol. The number of rotatable bonds is 5. The van der Waals surface area contributed by atoms with E-state index >= 15 is 0 Å². The maximum Gasteiger partial charge on any atom is 0.240 e. The van der Waals surface area contributed by atoms with Gasteiger partial charge in [0.05, 0.1) is 17.9 Å².